The summed E-state index contributed by atoms with van der Waals surface area (Å²) in [5.74, 6) is -0.416. The van der Waals surface area contributed by atoms with Crippen LogP contribution in [0.25, 0.3) is 0 Å². The van der Waals surface area contributed by atoms with Crippen molar-refractivity contribution in [3.63, 3.8) is 0 Å². The van der Waals surface area contributed by atoms with Crippen molar-refractivity contribution in [3.05, 3.63) is 28.2 Å². The van der Waals surface area contributed by atoms with Gasteiger partial charge in [-0.05, 0) is 32.0 Å². The van der Waals surface area contributed by atoms with Crippen molar-refractivity contribution in [1.29, 1.82) is 0 Å². The topological polar surface area (TPSA) is 61.5 Å². The molecule has 0 amide bonds. The maximum atomic E-state index is 11.8. The van der Waals surface area contributed by atoms with E-state index in [1.54, 1.807) is 25.3 Å². The van der Waals surface area contributed by atoms with E-state index in [1.165, 1.54) is 0 Å². The average Bonchev–Trinajstić information content (AvgIpc) is 2.32. The molecule has 0 spiro atoms. The van der Waals surface area contributed by atoms with Crippen LogP contribution < -0.4 is 5.73 Å². The summed E-state index contributed by atoms with van der Waals surface area (Å²) in [5, 5.41) is 0. The first kappa shape index (κ1) is 15.0. The van der Waals surface area contributed by atoms with Gasteiger partial charge >= 0.3 is 5.97 Å². The lowest BCUT2D eigenvalue weighted by Crippen LogP contribution is -2.25. The fourth-order valence-corrected chi connectivity index (χ4v) is 1.64. The molecule has 100 valence electrons. The third-order valence-corrected chi connectivity index (χ3v) is 3.22. The third kappa shape index (κ3) is 4.31. The minimum atomic E-state index is -0.416. The van der Waals surface area contributed by atoms with E-state index in [4.69, 9.17) is 15.2 Å². The lowest BCUT2D eigenvalue weighted by molar-refractivity contribution is -0.00560. The Morgan fingerprint density at radius 2 is 2.11 bits per heavy atom. The van der Waals surface area contributed by atoms with E-state index in [0.29, 0.717) is 24.3 Å². The van der Waals surface area contributed by atoms with Crippen molar-refractivity contribution in [1.82, 2.24) is 0 Å². The Hall–Kier alpha value is -1.07. The zero-order valence-electron chi connectivity index (χ0n) is 10.8. The highest BCUT2D eigenvalue weighted by Crippen LogP contribution is 2.20. The quantitative estimate of drug-likeness (QED) is 0.670. The molecule has 0 aliphatic carbocycles. The third-order valence-electron chi connectivity index (χ3n) is 2.73. The van der Waals surface area contributed by atoms with E-state index in [2.05, 4.69) is 15.9 Å². The van der Waals surface area contributed by atoms with Gasteiger partial charge in [-0.25, -0.2) is 4.79 Å². The molecule has 1 rings (SSSR count). The minimum Gasteiger partial charge on any atom is -0.462 e. The van der Waals surface area contributed by atoms with Gasteiger partial charge in [0.1, 0.15) is 0 Å². The van der Waals surface area contributed by atoms with Crippen molar-refractivity contribution in [2.45, 2.75) is 25.9 Å². The predicted octanol–water partition coefficient (Wildman–Crippen LogP) is 3.00. The summed E-state index contributed by atoms with van der Waals surface area (Å²) in [5.41, 5.74) is 6.21. The molecule has 0 aromatic heterocycles. The van der Waals surface area contributed by atoms with Crippen LogP contribution in [-0.4, -0.2) is 25.3 Å². The second-order valence-corrected chi connectivity index (χ2v) is 5.50. The van der Waals surface area contributed by atoms with Gasteiger partial charge in [0.05, 0.1) is 17.8 Å². The highest BCUT2D eigenvalue weighted by molar-refractivity contribution is 9.10. The molecule has 2 N–H and O–H groups in total. The van der Waals surface area contributed by atoms with Crippen molar-refractivity contribution in [2.75, 3.05) is 19.5 Å². The molecule has 0 heterocycles. The molecule has 0 radical (unpaired) electrons. The monoisotopic (exact) mass is 315 g/mol. The van der Waals surface area contributed by atoms with Gasteiger partial charge in [0.2, 0.25) is 0 Å². The number of rotatable bonds is 5. The Bertz CT molecular complexity index is 432. The molecule has 0 saturated heterocycles. The fourth-order valence-electron chi connectivity index (χ4n) is 1.27. The zero-order chi connectivity index (χ0) is 13.8. The SMILES string of the molecule is COC(C)(C)CCOC(=O)c1cc(Br)ccc1N. The molecular formula is C13H18BrNO3. The molecule has 0 unspecified atom stereocenters. The molecule has 0 fully saturated rings. The van der Waals surface area contributed by atoms with E-state index in [9.17, 15) is 4.79 Å². The van der Waals surface area contributed by atoms with Crippen LogP contribution in [0, 0.1) is 0 Å². The molecule has 4 nitrogen and oxygen atoms in total. The number of ether oxygens (including phenoxy) is 2. The van der Waals surface area contributed by atoms with Crippen LogP contribution in [0.2, 0.25) is 0 Å². The molecule has 1 aromatic carbocycles. The minimum absolute atomic E-state index is 0.297. The number of nitrogen functional groups attached to an aromatic ring is 1. The van der Waals surface area contributed by atoms with Crippen molar-refractivity contribution in [2.24, 2.45) is 0 Å². The normalized spacial score (nSPS) is 11.3. The molecule has 1 aromatic rings. The Balaban J connectivity index is 2.58. The summed E-state index contributed by atoms with van der Waals surface area (Å²) in [6, 6.07) is 5.10. The molecule has 0 saturated carbocycles. The molecule has 18 heavy (non-hydrogen) atoms. The largest absolute Gasteiger partial charge is 0.462 e. The second-order valence-electron chi connectivity index (χ2n) is 4.58. The van der Waals surface area contributed by atoms with E-state index >= 15 is 0 Å². The number of anilines is 1. The summed E-state index contributed by atoms with van der Waals surface area (Å²) in [6.07, 6.45) is 0.628. The summed E-state index contributed by atoms with van der Waals surface area (Å²) in [7, 11) is 1.63. The van der Waals surface area contributed by atoms with Crippen LogP contribution in [-0.2, 0) is 9.47 Å². The maximum absolute atomic E-state index is 11.8. The number of benzene rings is 1. The zero-order valence-corrected chi connectivity index (χ0v) is 12.4. The van der Waals surface area contributed by atoms with Crippen molar-refractivity contribution >= 4 is 27.6 Å². The molecule has 0 aliphatic rings. The Morgan fingerprint density at radius 3 is 2.72 bits per heavy atom. The van der Waals surface area contributed by atoms with E-state index in [0.717, 1.165) is 4.47 Å². The van der Waals surface area contributed by atoms with Gasteiger partial charge in [-0.3, -0.25) is 0 Å². The van der Waals surface area contributed by atoms with E-state index in [1.807, 2.05) is 13.8 Å². The fraction of sp³-hybridized carbons (Fsp3) is 0.462. The summed E-state index contributed by atoms with van der Waals surface area (Å²) >= 11 is 3.29. The number of carbonyl (C=O) groups excluding carboxylic acids is 1. The van der Waals surface area contributed by atoms with E-state index in [-0.39, 0.29) is 5.60 Å². The molecule has 0 aliphatic heterocycles. The highest BCUT2D eigenvalue weighted by atomic mass is 79.9. The second kappa shape index (κ2) is 6.20. The van der Waals surface area contributed by atoms with Crippen LogP contribution in [0.3, 0.4) is 0 Å². The van der Waals surface area contributed by atoms with Gasteiger partial charge in [0, 0.05) is 23.7 Å². The van der Waals surface area contributed by atoms with Crippen LogP contribution in [0.15, 0.2) is 22.7 Å². The number of esters is 1. The number of nitrogens with two attached hydrogens (primary N) is 1. The number of hydrogen-bond donors (Lipinski definition) is 1. The predicted molar refractivity (Wildman–Crippen MR) is 74.5 cm³/mol. The number of methoxy groups -OCH3 is 1. The van der Waals surface area contributed by atoms with Crippen LogP contribution in [0.4, 0.5) is 5.69 Å². The first-order chi connectivity index (χ1) is 8.35. The Morgan fingerprint density at radius 1 is 1.44 bits per heavy atom. The highest BCUT2D eigenvalue weighted by Gasteiger charge is 2.18. The van der Waals surface area contributed by atoms with Gasteiger partial charge in [-0.2, -0.15) is 0 Å². The van der Waals surface area contributed by atoms with Gasteiger partial charge in [0.15, 0.2) is 0 Å². The summed E-state index contributed by atoms with van der Waals surface area (Å²) in [6.45, 7) is 4.17. The van der Waals surface area contributed by atoms with Crippen LogP contribution in [0.5, 0.6) is 0 Å². The first-order valence-electron chi connectivity index (χ1n) is 5.63. The van der Waals surface area contributed by atoms with Crippen molar-refractivity contribution in [3.8, 4) is 0 Å². The maximum Gasteiger partial charge on any atom is 0.340 e. The Labute approximate surface area is 116 Å². The lowest BCUT2D eigenvalue weighted by Gasteiger charge is -2.22. The average molecular weight is 316 g/mol. The smallest absolute Gasteiger partial charge is 0.340 e. The van der Waals surface area contributed by atoms with Crippen LogP contribution in [0.1, 0.15) is 30.6 Å². The van der Waals surface area contributed by atoms with E-state index < -0.39 is 5.97 Å². The van der Waals surface area contributed by atoms with Crippen LogP contribution >= 0.6 is 15.9 Å². The number of halogens is 1. The van der Waals surface area contributed by atoms with Gasteiger partial charge in [-0.15, -0.1) is 0 Å². The molecule has 0 bridgehead atoms. The van der Waals surface area contributed by atoms with Gasteiger partial charge in [0.25, 0.3) is 0 Å². The molecule has 0 atom stereocenters. The Kier molecular flexibility index (Phi) is 5.16. The summed E-state index contributed by atoms with van der Waals surface area (Å²) < 4.78 is 11.2. The lowest BCUT2D eigenvalue weighted by atomic mass is 10.1. The van der Waals surface area contributed by atoms with Gasteiger partial charge < -0.3 is 15.2 Å². The summed E-state index contributed by atoms with van der Waals surface area (Å²) in [4.78, 5) is 11.8. The first-order valence-corrected chi connectivity index (χ1v) is 6.42. The number of carbonyl (C=O) groups is 1. The van der Waals surface area contributed by atoms with Crippen molar-refractivity contribution < 1.29 is 14.3 Å². The van der Waals surface area contributed by atoms with Gasteiger partial charge in [-0.1, -0.05) is 15.9 Å². The number of hydrogen-bond acceptors (Lipinski definition) is 4. The molecule has 5 heteroatoms. The standard InChI is InChI=1S/C13H18BrNO3/c1-13(2,17-3)6-7-18-12(16)10-8-9(14)4-5-11(10)15/h4-5,8H,6-7,15H2,1-3H3. The molecular weight excluding hydrogens is 298 g/mol.